The summed E-state index contributed by atoms with van der Waals surface area (Å²) >= 11 is 0. The van der Waals surface area contributed by atoms with E-state index in [0.29, 0.717) is 11.6 Å². The molecule has 1 rings (SSSR count). The van der Waals surface area contributed by atoms with Crippen molar-refractivity contribution >= 4 is 12.0 Å². The third-order valence-electron chi connectivity index (χ3n) is 1.81. The van der Waals surface area contributed by atoms with Gasteiger partial charge in [0, 0.05) is 11.6 Å². The van der Waals surface area contributed by atoms with Gasteiger partial charge in [-0.2, -0.15) is 0 Å². The fraction of sp³-hybridized carbons (Fsp3) is 0.545. The Morgan fingerprint density at radius 3 is 2.56 bits per heavy atom. The summed E-state index contributed by atoms with van der Waals surface area (Å²) in [5.74, 6) is 0.836. The summed E-state index contributed by atoms with van der Waals surface area (Å²) in [7, 11) is 0. The van der Waals surface area contributed by atoms with Crippen LogP contribution in [0.25, 0.3) is 0 Å². The summed E-state index contributed by atoms with van der Waals surface area (Å²) in [4.78, 5) is 11.4. The Bertz CT molecular complexity index is 366. The Morgan fingerprint density at radius 2 is 2.12 bits per heavy atom. The lowest BCUT2D eigenvalue weighted by molar-refractivity contribution is 0.0892. The molecule has 1 aromatic rings. The number of nitrogen functional groups attached to an aromatic ring is 1. The molecule has 1 unspecified atom stereocenters. The molecular formula is C11H18N2O3. The van der Waals surface area contributed by atoms with E-state index >= 15 is 0 Å². The quantitative estimate of drug-likeness (QED) is 0.812. The topological polar surface area (TPSA) is 77.5 Å². The molecule has 0 fully saturated rings. The summed E-state index contributed by atoms with van der Waals surface area (Å²) in [5.41, 5.74) is 5.11. The number of hydrogen-bond donors (Lipinski definition) is 2. The van der Waals surface area contributed by atoms with Crippen molar-refractivity contribution in [1.82, 2.24) is 5.32 Å². The highest BCUT2D eigenvalue weighted by atomic mass is 16.6. The predicted octanol–water partition coefficient (Wildman–Crippen LogP) is 2.45. The molecule has 5 heteroatoms. The number of rotatable bonds is 2. The van der Waals surface area contributed by atoms with Crippen molar-refractivity contribution in [2.24, 2.45) is 0 Å². The zero-order valence-corrected chi connectivity index (χ0v) is 10.0. The van der Waals surface area contributed by atoms with Crippen LogP contribution in [0, 0.1) is 0 Å². The smallest absolute Gasteiger partial charge is 0.408 e. The minimum absolute atomic E-state index is 0.307. The first-order valence-corrected chi connectivity index (χ1v) is 5.12. The van der Waals surface area contributed by atoms with Crippen molar-refractivity contribution in [1.29, 1.82) is 0 Å². The summed E-state index contributed by atoms with van der Waals surface area (Å²) < 4.78 is 10.3. The fourth-order valence-corrected chi connectivity index (χ4v) is 1.14. The number of anilines is 1. The van der Waals surface area contributed by atoms with Crippen LogP contribution >= 0.6 is 0 Å². The van der Waals surface area contributed by atoms with Crippen molar-refractivity contribution < 1.29 is 13.9 Å². The zero-order valence-electron chi connectivity index (χ0n) is 10.0. The van der Waals surface area contributed by atoms with Crippen LogP contribution in [0.5, 0.6) is 0 Å². The molecule has 1 atom stereocenters. The number of alkyl carbamates (subject to hydrolysis) is 1. The Balaban J connectivity index is 2.52. The summed E-state index contributed by atoms with van der Waals surface area (Å²) in [6.45, 7) is 7.36. The SMILES string of the molecule is CC(OC(=O)NC(C)(C)C)c1ccc(N)o1. The standard InChI is InChI=1S/C11H18N2O3/c1-7(8-5-6-9(12)16-8)15-10(14)13-11(2,3)4/h5-7H,12H2,1-4H3,(H,13,14). The number of hydrogen-bond acceptors (Lipinski definition) is 4. The van der Waals surface area contributed by atoms with E-state index in [1.165, 1.54) is 0 Å². The Labute approximate surface area is 94.9 Å². The molecule has 0 aliphatic heterocycles. The first kappa shape index (κ1) is 12.4. The van der Waals surface area contributed by atoms with Crippen LogP contribution in [0.2, 0.25) is 0 Å². The molecule has 90 valence electrons. The number of amides is 1. The Hall–Kier alpha value is -1.65. The van der Waals surface area contributed by atoms with Crippen LogP contribution in [-0.2, 0) is 4.74 Å². The first-order valence-electron chi connectivity index (χ1n) is 5.12. The molecule has 0 aliphatic carbocycles. The second-order valence-corrected chi connectivity index (χ2v) is 4.66. The van der Waals surface area contributed by atoms with Crippen LogP contribution in [0.15, 0.2) is 16.5 Å². The molecule has 1 heterocycles. The third-order valence-corrected chi connectivity index (χ3v) is 1.81. The van der Waals surface area contributed by atoms with Gasteiger partial charge in [-0.3, -0.25) is 0 Å². The number of furan rings is 1. The average Bonchev–Trinajstić information content (AvgIpc) is 2.47. The van der Waals surface area contributed by atoms with Crippen LogP contribution in [-0.4, -0.2) is 11.6 Å². The average molecular weight is 226 g/mol. The molecular weight excluding hydrogens is 208 g/mol. The molecule has 0 bridgehead atoms. The van der Waals surface area contributed by atoms with Gasteiger partial charge in [-0.25, -0.2) is 4.79 Å². The van der Waals surface area contributed by atoms with Gasteiger partial charge in [0.25, 0.3) is 0 Å². The lowest BCUT2D eigenvalue weighted by Gasteiger charge is -2.21. The monoisotopic (exact) mass is 226 g/mol. The number of nitrogens with one attached hydrogen (secondary N) is 1. The summed E-state index contributed by atoms with van der Waals surface area (Å²) in [5, 5.41) is 2.69. The van der Waals surface area contributed by atoms with Gasteiger partial charge in [0.05, 0.1) is 0 Å². The molecule has 1 amide bonds. The number of carbonyl (C=O) groups excluding carboxylic acids is 1. The second-order valence-electron chi connectivity index (χ2n) is 4.66. The van der Waals surface area contributed by atoms with Crippen molar-refractivity contribution in [3.05, 3.63) is 17.9 Å². The lowest BCUT2D eigenvalue weighted by atomic mass is 10.1. The molecule has 16 heavy (non-hydrogen) atoms. The fourth-order valence-electron chi connectivity index (χ4n) is 1.14. The van der Waals surface area contributed by atoms with Crippen molar-refractivity contribution in [3.63, 3.8) is 0 Å². The van der Waals surface area contributed by atoms with E-state index in [9.17, 15) is 4.79 Å². The zero-order chi connectivity index (χ0) is 12.3. The molecule has 0 aliphatic rings. The highest BCUT2D eigenvalue weighted by molar-refractivity contribution is 5.68. The molecule has 0 aromatic carbocycles. The maximum Gasteiger partial charge on any atom is 0.408 e. The van der Waals surface area contributed by atoms with E-state index in [0.717, 1.165) is 0 Å². The van der Waals surface area contributed by atoms with E-state index in [-0.39, 0.29) is 5.54 Å². The minimum atomic E-state index is -0.477. The van der Waals surface area contributed by atoms with Crippen LogP contribution in [0.4, 0.5) is 10.7 Å². The molecule has 5 nitrogen and oxygen atoms in total. The van der Waals surface area contributed by atoms with Crippen LogP contribution in [0.1, 0.15) is 39.6 Å². The highest BCUT2D eigenvalue weighted by Gasteiger charge is 2.19. The largest absolute Gasteiger partial charge is 0.442 e. The van der Waals surface area contributed by atoms with Gasteiger partial charge < -0.3 is 20.2 Å². The van der Waals surface area contributed by atoms with Gasteiger partial charge in [-0.1, -0.05) is 0 Å². The van der Waals surface area contributed by atoms with E-state index in [2.05, 4.69) is 5.32 Å². The van der Waals surface area contributed by atoms with Crippen molar-refractivity contribution in [2.75, 3.05) is 5.73 Å². The predicted molar refractivity (Wildman–Crippen MR) is 60.9 cm³/mol. The van der Waals surface area contributed by atoms with Gasteiger partial charge in [0.1, 0.15) is 5.76 Å². The number of nitrogens with two attached hydrogens (primary N) is 1. The molecule has 0 spiro atoms. The molecule has 0 radical (unpaired) electrons. The van der Waals surface area contributed by atoms with Gasteiger partial charge in [0.15, 0.2) is 12.0 Å². The van der Waals surface area contributed by atoms with E-state index in [1.54, 1.807) is 19.1 Å². The lowest BCUT2D eigenvalue weighted by Crippen LogP contribution is -2.41. The van der Waals surface area contributed by atoms with Crippen molar-refractivity contribution in [2.45, 2.75) is 39.3 Å². The number of ether oxygens (including phenoxy) is 1. The normalized spacial score (nSPS) is 13.2. The molecule has 3 N–H and O–H groups in total. The second kappa shape index (κ2) is 4.47. The van der Waals surface area contributed by atoms with E-state index in [4.69, 9.17) is 14.9 Å². The van der Waals surface area contributed by atoms with Crippen LogP contribution in [0.3, 0.4) is 0 Å². The number of carbonyl (C=O) groups is 1. The third kappa shape index (κ3) is 3.84. The molecule has 1 aromatic heterocycles. The minimum Gasteiger partial charge on any atom is -0.442 e. The van der Waals surface area contributed by atoms with E-state index in [1.807, 2.05) is 20.8 Å². The van der Waals surface area contributed by atoms with Crippen LogP contribution < -0.4 is 11.1 Å². The van der Waals surface area contributed by atoms with E-state index < -0.39 is 12.2 Å². The first-order chi connectivity index (χ1) is 7.28. The highest BCUT2D eigenvalue weighted by Crippen LogP contribution is 2.20. The maximum absolute atomic E-state index is 11.4. The molecule has 0 saturated heterocycles. The van der Waals surface area contributed by atoms with Gasteiger partial charge >= 0.3 is 6.09 Å². The Morgan fingerprint density at radius 1 is 1.50 bits per heavy atom. The van der Waals surface area contributed by atoms with Crippen molar-refractivity contribution in [3.8, 4) is 0 Å². The van der Waals surface area contributed by atoms with Gasteiger partial charge in [-0.05, 0) is 33.8 Å². The summed E-state index contributed by atoms with van der Waals surface area (Å²) in [6, 6.07) is 3.31. The van der Waals surface area contributed by atoms with Gasteiger partial charge in [-0.15, -0.1) is 0 Å². The summed E-state index contributed by atoms with van der Waals surface area (Å²) in [6.07, 6.45) is -0.936. The maximum atomic E-state index is 11.4. The Kier molecular flexibility index (Phi) is 3.47. The van der Waals surface area contributed by atoms with Gasteiger partial charge in [0.2, 0.25) is 0 Å². The molecule has 0 saturated carbocycles.